The van der Waals surface area contributed by atoms with Crippen LogP contribution in [0.1, 0.15) is 39.5 Å². The minimum atomic E-state index is -0.536. The van der Waals surface area contributed by atoms with Gasteiger partial charge in [-0.3, -0.25) is 0 Å². The van der Waals surface area contributed by atoms with Gasteiger partial charge in [0.15, 0.2) is 0 Å². The van der Waals surface area contributed by atoms with Gasteiger partial charge >= 0.3 is 0 Å². The van der Waals surface area contributed by atoms with E-state index in [2.05, 4.69) is 94.4 Å². The van der Waals surface area contributed by atoms with Crippen molar-refractivity contribution in [2.24, 2.45) is 0 Å². The summed E-state index contributed by atoms with van der Waals surface area (Å²) in [5.74, 6) is 0. The van der Waals surface area contributed by atoms with Gasteiger partial charge < -0.3 is 28.2 Å². The first-order valence-corrected chi connectivity index (χ1v) is 18.3. The smallest absolute Gasteiger partial charge is 0.117 e. The molecule has 52 heavy (non-hydrogen) atoms. The SMILES string of the molecule is POCc1cc(C2O[C@H](COCc3ccccc3)[C@@H](OCc3ccccc3)[C@H](OCc3ccccc3)[C@H]2OCc2ccccc2)c2ccccc2c1. The first kappa shape index (κ1) is 36.1. The Balaban J connectivity index is 1.30. The molecule has 2 unspecified atom stereocenters. The number of hydrogen-bond donors (Lipinski definition) is 0. The molecular formula is C45H45O6P. The van der Waals surface area contributed by atoms with Crippen LogP contribution < -0.4 is 0 Å². The van der Waals surface area contributed by atoms with Gasteiger partial charge in [0.05, 0.1) is 39.6 Å². The molecule has 0 aromatic heterocycles. The van der Waals surface area contributed by atoms with E-state index in [0.29, 0.717) is 39.6 Å². The van der Waals surface area contributed by atoms with E-state index in [1.165, 1.54) is 0 Å². The van der Waals surface area contributed by atoms with E-state index in [-0.39, 0.29) is 0 Å². The molecule has 266 valence electrons. The van der Waals surface area contributed by atoms with E-state index in [4.69, 9.17) is 28.2 Å². The van der Waals surface area contributed by atoms with Crippen LogP contribution in [-0.2, 0) is 61.2 Å². The summed E-state index contributed by atoms with van der Waals surface area (Å²) in [5, 5.41) is 2.19. The van der Waals surface area contributed by atoms with Crippen molar-refractivity contribution >= 4 is 20.2 Å². The third-order valence-corrected chi connectivity index (χ3v) is 9.56. The summed E-state index contributed by atoms with van der Waals surface area (Å²) in [6, 6.07) is 53.6. The molecule has 0 amide bonds. The average Bonchev–Trinajstić information content (AvgIpc) is 3.20. The van der Waals surface area contributed by atoms with Gasteiger partial charge in [0.1, 0.15) is 30.5 Å². The van der Waals surface area contributed by atoms with Gasteiger partial charge in [-0.2, -0.15) is 0 Å². The van der Waals surface area contributed by atoms with E-state index < -0.39 is 30.5 Å². The Morgan fingerprint density at radius 1 is 0.462 bits per heavy atom. The molecule has 6 atom stereocenters. The highest BCUT2D eigenvalue weighted by Gasteiger charge is 2.49. The van der Waals surface area contributed by atoms with Gasteiger partial charge in [-0.1, -0.05) is 152 Å². The first-order valence-electron chi connectivity index (χ1n) is 17.8. The van der Waals surface area contributed by atoms with Crippen LogP contribution in [0.2, 0.25) is 0 Å². The second-order valence-corrected chi connectivity index (χ2v) is 13.4. The molecule has 0 bridgehead atoms. The van der Waals surface area contributed by atoms with Crippen LogP contribution in [0.25, 0.3) is 10.8 Å². The molecule has 0 N–H and O–H groups in total. The van der Waals surface area contributed by atoms with Crippen LogP contribution >= 0.6 is 9.47 Å². The number of ether oxygens (including phenoxy) is 5. The Hall–Kier alpha value is -4.23. The summed E-state index contributed by atoms with van der Waals surface area (Å²) >= 11 is 0. The Labute approximate surface area is 308 Å². The van der Waals surface area contributed by atoms with Gasteiger partial charge in [0.2, 0.25) is 0 Å². The van der Waals surface area contributed by atoms with Crippen molar-refractivity contribution < 1.29 is 28.2 Å². The standard InChI is InChI=1S/C45H45O6P/c52-50-31-37-25-38-23-13-14-24-39(38)40(26-37)42-44(48-29-35-19-9-3-10-20-35)45(49-30-36-21-11-4-12-22-36)43(47-28-34-17-7-2-8-18-34)41(51-42)32-46-27-33-15-5-1-6-16-33/h1-26,41-45H,27-32,52H2/t41-,42?,43-,44+,45+/m1/s1. The van der Waals surface area contributed by atoms with E-state index in [1.54, 1.807) is 0 Å². The fourth-order valence-electron chi connectivity index (χ4n) is 6.86. The molecule has 1 aliphatic heterocycles. The van der Waals surface area contributed by atoms with Crippen LogP contribution in [0.15, 0.2) is 158 Å². The molecular weight excluding hydrogens is 667 g/mol. The van der Waals surface area contributed by atoms with E-state index in [0.717, 1.165) is 44.2 Å². The summed E-state index contributed by atoms with van der Waals surface area (Å²) in [6.45, 7) is 2.33. The predicted molar refractivity (Wildman–Crippen MR) is 207 cm³/mol. The zero-order valence-electron chi connectivity index (χ0n) is 29.2. The molecule has 6 aromatic carbocycles. The maximum Gasteiger partial charge on any atom is 0.117 e. The summed E-state index contributed by atoms with van der Waals surface area (Å²) in [7, 11) is 2.37. The Kier molecular flexibility index (Phi) is 12.9. The topological polar surface area (TPSA) is 55.4 Å². The quantitative estimate of drug-likeness (QED) is 0.0933. The predicted octanol–water partition coefficient (Wildman–Crippen LogP) is 9.56. The lowest BCUT2D eigenvalue weighted by Gasteiger charge is -2.46. The second kappa shape index (κ2) is 18.5. The average molecular weight is 713 g/mol. The van der Waals surface area contributed by atoms with Gasteiger partial charge in [-0.25, -0.2) is 0 Å². The Morgan fingerprint density at radius 3 is 1.50 bits per heavy atom. The third-order valence-electron chi connectivity index (χ3n) is 9.39. The van der Waals surface area contributed by atoms with Crippen molar-refractivity contribution in [3.63, 3.8) is 0 Å². The molecule has 7 rings (SSSR count). The minimum absolute atomic E-state index is 0.299. The van der Waals surface area contributed by atoms with E-state index in [1.807, 2.05) is 72.8 Å². The second-order valence-electron chi connectivity index (χ2n) is 13.1. The lowest BCUT2D eigenvalue weighted by Crippen LogP contribution is -2.58. The first-order chi connectivity index (χ1) is 25.7. The lowest BCUT2D eigenvalue weighted by molar-refractivity contribution is -0.274. The van der Waals surface area contributed by atoms with Crippen molar-refractivity contribution in [2.75, 3.05) is 6.61 Å². The summed E-state index contributed by atoms with van der Waals surface area (Å²) < 4.78 is 40.1. The number of rotatable bonds is 16. The highest BCUT2D eigenvalue weighted by Crippen LogP contribution is 2.41. The molecule has 7 heteroatoms. The summed E-state index contributed by atoms with van der Waals surface area (Å²) in [5.41, 5.74) is 6.33. The van der Waals surface area contributed by atoms with Gasteiger partial charge in [0, 0.05) is 9.47 Å². The number of fused-ring (bicyclic) bond motifs is 1. The summed E-state index contributed by atoms with van der Waals surface area (Å²) in [6.07, 6.45) is -2.56. The summed E-state index contributed by atoms with van der Waals surface area (Å²) in [4.78, 5) is 0. The highest BCUT2D eigenvalue weighted by molar-refractivity contribution is 7.09. The number of benzene rings is 6. The van der Waals surface area contributed by atoms with Gasteiger partial charge in [-0.15, -0.1) is 0 Å². The van der Waals surface area contributed by atoms with Crippen molar-refractivity contribution in [1.29, 1.82) is 0 Å². The third kappa shape index (κ3) is 9.40. The molecule has 1 fully saturated rings. The molecule has 0 aliphatic carbocycles. The van der Waals surface area contributed by atoms with Gasteiger partial charge in [0.25, 0.3) is 0 Å². The van der Waals surface area contributed by atoms with Crippen LogP contribution in [0.4, 0.5) is 0 Å². The fraction of sp³-hybridized carbons (Fsp3) is 0.244. The molecule has 0 radical (unpaired) electrons. The molecule has 6 nitrogen and oxygen atoms in total. The minimum Gasteiger partial charge on any atom is -0.374 e. The van der Waals surface area contributed by atoms with Crippen molar-refractivity contribution in [2.45, 2.75) is 63.6 Å². The van der Waals surface area contributed by atoms with Crippen molar-refractivity contribution in [1.82, 2.24) is 0 Å². The monoisotopic (exact) mass is 712 g/mol. The zero-order chi connectivity index (χ0) is 35.4. The normalized spacial score (nSPS) is 20.2. The Morgan fingerprint density at radius 2 is 0.942 bits per heavy atom. The van der Waals surface area contributed by atoms with E-state index >= 15 is 0 Å². The van der Waals surface area contributed by atoms with Crippen LogP contribution in [0.3, 0.4) is 0 Å². The molecule has 1 aliphatic rings. The van der Waals surface area contributed by atoms with Gasteiger partial charge in [-0.05, 0) is 50.2 Å². The van der Waals surface area contributed by atoms with Crippen LogP contribution in [-0.4, -0.2) is 31.0 Å². The maximum absolute atomic E-state index is 7.24. The molecule has 6 aromatic rings. The molecule has 0 spiro atoms. The zero-order valence-corrected chi connectivity index (χ0v) is 30.3. The largest absolute Gasteiger partial charge is 0.374 e. The maximum atomic E-state index is 7.24. The molecule has 0 saturated carbocycles. The van der Waals surface area contributed by atoms with E-state index in [9.17, 15) is 0 Å². The van der Waals surface area contributed by atoms with Crippen molar-refractivity contribution in [3.05, 3.63) is 191 Å². The fourth-order valence-corrected chi connectivity index (χ4v) is 7.05. The molecule has 1 heterocycles. The number of hydrogen-bond acceptors (Lipinski definition) is 6. The lowest BCUT2D eigenvalue weighted by atomic mass is 9.87. The van der Waals surface area contributed by atoms with Crippen molar-refractivity contribution in [3.8, 4) is 0 Å². The van der Waals surface area contributed by atoms with Crippen LogP contribution in [0.5, 0.6) is 0 Å². The Bertz CT molecular complexity index is 1940. The van der Waals surface area contributed by atoms with Crippen LogP contribution in [0, 0.1) is 0 Å². The highest BCUT2D eigenvalue weighted by atomic mass is 31.0. The molecule has 1 saturated heterocycles.